The van der Waals surface area contributed by atoms with Gasteiger partial charge in [0.15, 0.2) is 0 Å². The number of fused-ring (bicyclic) bond motifs is 2. The Labute approximate surface area is 148 Å². The van der Waals surface area contributed by atoms with Gasteiger partial charge >= 0.3 is 6.03 Å². The van der Waals surface area contributed by atoms with E-state index in [1.165, 1.54) is 12.8 Å². The third-order valence-electron chi connectivity index (χ3n) is 4.59. The smallest absolute Gasteiger partial charge is 0.319 e. The summed E-state index contributed by atoms with van der Waals surface area (Å²) in [5.41, 5.74) is 0.701. The van der Waals surface area contributed by atoms with Crippen LogP contribution in [0.25, 0.3) is 0 Å². The molecule has 0 radical (unpaired) electrons. The van der Waals surface area contributed by atoms with Crippen molar-refractivity contribution in [3.05, 3.63) is 30.3 Å². The average Bonchev–Trinajstić information content (AvgIpc) is 2.86. The Bertz CT molecular complexity index is 557. The van der Waals surface area contributed by atoms with E-state index in [0.29, 0.717) is 17.8 Å². The molecule has 2 bridgehead atoms. The summed E-state index contributed by atoms with van der Waals surface area (Å²) in [6.45, 7) is 1.70. The lowest BCUT2D eigenvalue weighted by Gasteiger charge is -2.30. The Balaban J connectivity index is 0.00000208. The maximum absolute atomic E-state index is 12.3. The Hall–Kier alpha value is -1.79. The van der Waals surface area contributed by atoms with Crippen molar-refractivity contribution in [3.8, 4) is 0 Å². The molecule has 0 saturated carbocycles. The molecule has 24 heavy (non-hydrogen) atoms. The molecule has 6 nitrogen and oxygen atoms in total. The van der Waals surface area contributed by atoms with Gasteiger partial charge in [-0.25, -0.2) is 4.79 Å². The van der Waals surface area contributed by atoms with Gasteiger partial charge in [-0.05, 0) is 44.7 Å². The van der Waals surface area contributed by atoms with Gasteiger partial charge in [0, 0.05) is 23.8 Å². The minimum atomic E-state index is -0.564. The van der Waals surface area contributed by atoms with Crippen molar-refractivity contribution in [1.82, 2.24) is 16.0 Å². The average molecular weight is 353 g/mol. The highest BCUT2D eigenvalue weighted by molar-refractivity contribution is 5.93. The maximum atomic E-state index is 12.3. The Morgan fingerprint density at radius 2 is 1.75 bits per heavy atom. The minimum absolute atomic E-state index is 0. The first-order valence-corrected chi connectivity index (χ1v) is 8.29. The zero-order valence-electron chi connectivity index (χ0n) is 13.7. The molecule has 1 aromatic rings. The highest BCUT2D eigenvalue weighted by Crippen LogP contribution is 2.26. The monoisotopic (exact) mass is 352 g/mol. The van der Waals surface area contributed by atoms with Crippen molar-refractivity contribution in [3.63, 3.8) is 0 Å². The molecule has 3 rings (SSSR count). The molecule has 2 aliphatic rings. The van der Waals surface area contributed by atoms with Gasteiger partial charge in [0.2, 0.25) is 5.91 Å². The lowest BCUT2D eigenvalue weighted by molar-refractivity contribution is -0.123. The molecule has 4 N–H and O–H groups in total. The van der Waals surface area contributed by atoms with Crippen LogP contribution in [-0.2, 0) is 4.79 Å². The molecule has 2 aliphatic heterocycles. The molecule has 3 atom stereocenters. The quantitative estimate of drug-likeness (QED) is 0.669. The van der Waals surface area contributed by atoms with Gasteiger partial charge in [0.1, 0.15) is 6.04 Å². The van der Waals surface area contributed by atoms with Gasteiger partial charge in [-0.3, -0.25) is 4.79 Å². The van der Waals surface area contributed by atoms with E-state index in [-0.39, 0.29) is 30.4 Å². The van der Waals surface area contributed by atoms with E-state index in [4.69, 9.17) is 0 Å². The third kappa shape index (κ3) is 4.85. The molecule has 0 aromatic heterocycles. The first-order chi connectivity index (χ1) is 11.1. The first-order valence-electron chi connectivity index (χ1n) is 8.29. The van der Waals surface area contributed by atoms with Crippen LogP contribution in [-0.4, -0.2) is 36.1 Å². The summed E-state index contributed by atoms with van der Waals surface area (Å²) in [4.78, 5) is 24.2. The number of urea groups is 1. The standard InChI is InChI=1S/C17H24N4O2.ClH/c1-11(18-17(23)21-12-5-3-2-4-6-12)16(22)20-15-9-13-7-8-14(10-15)19-13;/h2-6,11,13-15,19H,7-10H2,1H3,(H,20,22)(H2,18,21,23);1H. The second-order valence-electron chi connectivity index (χ2n) is 6.50. The minimum Gasteiger partial charge on any atom is -0.351 e. The van der Waals surface area contributed by atoms with Crippen LogP contribution in [0.1, 0.15) is 32.6 Å². The predicted molar refractivity (Wildman–Crippen MR) is 96.4 cm³/mol. The highest BCUT2D eigenvalue weighted by Gasteiger charge is 2.34. The molecule has 0 spiro atoms. The van der Waals surface area contributed by atoms with Crippen molar-refractivity contribution >= 4 is 30.0 Å². The fourth-order valence-corrected chi connectivity index (χ4v) is 3.45. The van der Waals surface area contributed by atoms with Crippen molar-refractivity contribution in [2.75, 3.05) is 5.32 Å². The molecule has 0 aliphatic carbocycles. The Kier molecular flexibility index (Phi) is 6.45. The SMILES string of the molecule is CC(NC(=O)Nc1ccccc1)C(=O)NC1CC2CCC(C1)N2.Cl. The Morgan fingerprint density at radius 3 is 2.38 bits per heavy atom. The number of benzene rings is 1. The molecule has 132 valence electrons. The normalized spacial score (nSPS) is 26.0. The number of hydrogen-bond acceptors (Lipinski definition) is 3. The number of hydrogen-bond donors (Lipinski definition) is 4. The van der Waals surface area contributed by atoms with Gasteiger partial charge in [-0.15, -0.1) is 12.4 Å². The van der Waals surface area contributed by atoms with E-state index in [1.54, 1.807) is 19.1 Å². The highest BCUT2D eigenvalue weighted by atomic mass is 35.5. The topological polar surface area (TPSA) is 82.3 Å². The number of amides is 3. The molecule has 2 fully saturated rings. The predicted octanol–water partition coefficient (Wildman–Crippen LogP) is 2.02. The Morgan fingerprint density at radius 1 is 1.12 bits per heavy atom. The van der Waals surface area contributed by atoms with E-state index in [9.17, 15) is 9.59 Å². The third-order valence-corrected chi connectivity index (χ3v) is 4.59. The van der Waals surface area contributed by atoms with Crippen molar-refractivity contribution in [1.29, 1.82) is 0 Å². The second-order valence-corrected chi connectivity index (χ2v) is 6.50. The molecule has 1 aromatic carbocycles. The zero-order valence-corrected chi connectivity index (χ0v) is 14.6. The van der Waals surface area contributed by atoms with Gasteiger partial charge < -0.3 is 21.3 Å². The summed E-state index contributed by atoms with van der Waals surface area (Å²) in [7, 11) is 0. The molecular weight excluding hydrogens is 328 g/mol. The van der Waals surface area contributed by atoms with Crippen LogP contribution in [0.4, 0.5) is 10.5 Å². The van der Waals surface area contributed by atoms with Gasteiger partial charge in [0.05, 0.1) is 0 Å². The van der Waals surface area contributed by atoms with Crippen LogP contribution >= 0.6 is 12.4 Å². The number of halogens is 1. The molecule has 2 saturated heterocycles. The van der Waals surface area contributed by atoms with Gasteiger partial charge in [-0.2, -0.15) is 0 Å². The van der Waals surface area contributed by atoms with E-state index in [2.05, 4.69) is 21.3 Å². The number of piperidine rings is 1. The molecule has 3 amide bonds. The summed E-state index contributed by atoms with van der Waals surface area (Å²) in [5, 5.41) is 12.0. The van der Waals surface area contributed by atoms with E-state index >= 15 is 0 Å². The number of carbonyl (C=O) groups excluding carboxylic acids is 2. The van der Waals surface area contributed by atoms with Crippen molar-refractivity contribution in [2.24, 2.45) is 0 Å². The first kappa shape index (κ1) is 18.5. The number of rotatable bonds is 4. The summed E-state index contributed by atoms with van der Waals surface area (Å²) < 4.78 is 0. The summed E-state index contributed by atoms with van der Waals surface area (Å²) >= 11 is 0. The van der Waals surface area contributed by atoms with Gasteiger partial charge in [0.25, 0.3) is 0 Å². The molecule has 7 heteroatoms. The molecule has 2 heterocycles. The van der Waals surface area contributed by atoms with E-state index in [1.807, 2.05) is 18.2 Å². The van der Waals surface area contributed by atoms with Gasteiger partial charge in [-0.1, -0.05) is 18.2 Å². The van der Waals surface area contributed by atoms with Crippen LogP contribution in [0, 0.1) is 0 Å². The summed E-state index contributed by atoms with van der Waals surface area (Å²) in [6, 6.07) is 9.51. The lowest BCUT2D eigenvalue weighted by Crippen LogP contribution is -2.53. The molecule has 3 unspecified atom stereocenters. The number of para-hydroxylation sites is 1. The van der Waals surface area contributed by atoms with Crippen molar-refractivity contribution < 1.29 is 9.59 Å². The molecular formula is C17H25ClN4O2. The summed E-state index contributed by atoms with van der Waals surface area (Å²) in [5.74, 6) is -0.125. The number of carbonyl (C=O) groups is 2. The largest absolute Gasteiger partial charge is 0.351 e. The van der Waals surface area contributed by atoms with Crippen LogP contribution < -0.4 is 21.3 Å². The van der Waals surface area contributed by atoms with Crippen LogP contribution in [0.3, 0.4) is 0 Å². The van der Waals surface area contributed by atoms with Crippen molar-refractivity contribution in [2.45, 2.75) is 56.8 Å². The lowest BCUT2D eigenvalue weighted by atomic mass is 9.99. The summed E-state index contributed by atoms with van der Waals surface area (Å²) in [6.07, 6.45) is 4.35. The fourth-order valence-electron chi connectivity index (χ4n) is 3.45. The van der Waals surface area contributed by atoms with Crippen LogP contribution in [0.5, 0.6) is 0 Å². The van der Waals surface area contributed by atoms with E-state index < -0.39 is 6.04 Å². The maximum Gasteiger partial charge on any atom is 0.319 e. The van der Waals surface area contributed by atoms with Crippen LogP contribution in [0.2, 0.25) is 0 Å². The second kappa shape index (κ2) is 8.35. The van der Waals surface area contributed by atoms with E-state index in [0.717, 1.165) is 12.8 Å². The number of nitrogens with one attached hydrogen (secondary N) is 4. The fraction of sp³-hybridized carbons (Fsp3) is 0.529. The zero-order chi connectivity index (χ0) is 16.2. The number of anilines is 1. The van der Waals surface area contributed by atoms with Crippen LogP contribution in [0.15, 0.2) is 30.3 Å².